The van der Waals surface area contributed by atoms with Gasteiger partial charge in [-0.05, 0) is 36.8 Å². The monoisotopic (exact) mass is 349 g/mol. The van der Waals surface area contributed by atoms with Crippen molar-refractivity contribution >= 4 is 17.5 Å². The maximum atomic E-state index is 12.4. The third-order valence-electron chi connectivity index (χ3n) is 3.71. The van der Waals surface area contributed by atoms with Gasteiger partial charge in [0.2, 0.25) is 5.91 Å². The zero-order valence-corrected chi connectivity index (χ0v) is 14.6. The Morgan fingerprint density at radius 3 is 2.35 bits per heavy atom. The van der Waals surface area contributed by atoms with Crippen molar-refractivity contribution in [2.75, 3.05) is 5.32 Å². The lowest BCUT2D eigenvalue weighted by atomic mass is 10.2. The smallest absolute Gasteiger partial charge is 0.274 e. The summed E-state index contributed by atoms with van der Waals surface area (Å²) in [4.78, 5) is 24.9. The second-order valence-electron chi connectivity index (χ2n) is 5.82. The lowest BCUT2D eigenvalue weighted by Gasteiger charge is -2.06. The molecule has 3 aromatic rings. The third kappa shape index (κ3) is 4.13. The van der Waals surface area contributed by atoms with Gasteiger partial charge in [-0.3, -0.25) is 9.59 Å². The first-order chi connectivity index (χ1) is 12.5. The number of aromatic nitrogens is 3. The Morgan fingerprint density at radius 1 is 1.00 bits per heavy atom. The minimum Gasteiger partial charge on any atom is -0.347 e. The largest absolute Gasteiger partial charge is 0.347 e. The highest BCUT2D eigenvalue weighted by Crippen LogP contribution is 2.11. The van der Waals surface area contributed by atoms with E-state index >= 15 is 0 Å². The van der Waals surface area contributed by atoms with E-state index in [0.29, 0.717) is 23.6 Å². The molecule has 7 nitrogen and oxygen atoms in total. The number of anilines is 1. The number of nitrogens with zero attached hydrogens (tertiary/aromatic N) is 3. The summed E-state index contributed by atoms with van der Waals surface area (Å²) in [5.41, 5.74) is 3.29. The van der Waals surface area contributed by atoms with Crippen molar-refractivity contribution in [2.24, 2.45) is 0 Å². The van der Waals surface area contributed by atoms with Crippen LogP contribution in [-0.4, -0.2) is 26.8 Å². The normalized spacial score (nSPS) is 10.4. The second-order valence-corrected chi connectivity index (χ2v) is 5.82. The molecule has 0 bridgehead atoms. The van der Waals surface area contributed by atoms with Crippen LogP contribution in [0.15, 0.2) is 54.6 Å². The van der Waals surface area contributed by atoms with Crippen LogP contribution >= 0.6 is 0 Å². The fourth-order valence-electron chi connectivity index (χ4n) is 2.44. The molecule has 0 saturated heterocycles. The molecule has 1 aromatic heterocycles. The van der Waals surface area contributed by atoms with Crippen LogP contribution in [0.4, 0.5) is 5.69 Å². The molecule has 0 spiro atoms. The van der Waals surface area contributed by atoms with Crippen LogP contribution in [0.5, 0.6) is 0 Å². The number of aryl methyl sites for hydroxylation is 1. The van der Waals surface area contributed by atoms with Crippen molar-refractivity contribution in [1.29, 1.82) is 0 Å². The maximum Gasteiger partial charge on any atom is 0.274 e. The van der Waals surface area contributed by atoms with Gasteiger partial charge in [-0.15, -0.1) is 5.10 Å². The first kappa shape index (κ1) is 17.3. The summed E-state index contributed by atoms with van der Waals surface area (Å²) >= 11 is 0. The highest BCUT2D eigenvalue weighted by Gasteiger charge is 2.16. The van der Waals surface area contributed by atoms with Gasteiger partial charge < -0.3 is 10.6 Å². The number of carbonyl (C=O) groups is 2. The van der Waals surface area contributed by atoms with Crippen LogP contribution < -0.4 is 10.6 Å². The van der Waals surface area contributed by atoms with Gasteiger partial charge in [-0.2, -0.15) is 9.90 Å². The Bertz CT molecular complexity index is 917. The standard InChI is InChI=1S/C19H19N5O2/c1-13-18(23-24(22-13)17-6-4-3-5-7-17)19(26)20-12-15-8-10-16(11-9-15)21-14(2)25/h3-11H,12H2,1-2H3,(H,20,26)(H,21,25). The van der Waals surface area contributed by atoms with Crippen molar-refractivity contribution in [3.8, 4) is 5.69 Å². The van der Waals surface area contributed by atoms with Gasteiger partial charge in [0.1, 0.15) is 0 Å². The number of benzene rings is 2. The average Bonchev–Trinajstić information content (AvgIpc) is 3.03. The van der Waals surface area contributed by atoms with E-state index in [1.807, 2.05) is 42.5 Å². The fourth-order valence-corrected chi connectivity index (χ4v) is 2.44. The van der Waals surface area contributed by atoms with Crippen LogP contribution in [0.1, 0.15) is 28.7 Å². The van der Waals surface area contributed by atoms with E-state index in [1.54, 1.807) is 19.1 Å². The first-order valence-corrected chi connectivity index (χ1v) is 8.17. The maximum absolute atomic E-state index is 12.4. The molecular weight excluding hydrogens is 330 g/mol. The number of nitrogens with one attached hydrogen (secondary N) is 2. The van der Waals surface area contributed by atoms with Crippen LogP contribution in [0, 0.1) is 6.92 Å². The zero-order valence-electron chi connectivity index (χ0n) is 14.6. The molecule has 132 valence electrons. The van der Waals surface area contributed by atoms with Crippen molar-refractivity contribution in [2.45, 2.75) is 20.4 Å². The second kappa shape index (κ2) is 7.60. The van der Waals surface area contributed by atoms with E-state index in [2.05, 4.69) is 20.8 Å². The fraction of sp³-hybridized carbons (Fsp3) is 0.158. The van der Waals surface area contributed by atoms with Gasteiger partial charge in [-0.1, -0.05) is 30.3 Å². The van der Waals surface area contributed by atoms with Crippen LogP contribution in [0.25, 0.3) is 5.69 Å². The number of rotatable bonds is 5. The molecule has 0 radical (unpaired) electrons. The zero-order chi connectivity index (χ0) is 18.5. The number of carbonyl (C=O) groups excluding carboxylic acids is 2. The van der Waals surface area contributed by atoms with E-state index in [-0.39, 0.29) is 11.8 Å². The minimum absolute atomic E-state index is 0.122. The molecule has 0 aliphatic heterocycles. The number of amides is 2. The summed E-state index contributed by atoms with van der Waals surface area (Å²) in [6.45, 7) is 3.57. The lowest BCUT2D eigenvalue weighted by Crippen LogP contribution is -2.24. The predicted octanol–water partition coefficient (Wildman–Crippen LogP) is 2.46. The van der Waals surface area contributed by atoms with Crippen LogP contribution in [0.3, 0.4) is 0 Å². The summed E-state index contributed by atoms with van der Waals surface area (Å²) in [5, 5.41) is 14.1. The summed E-state index contributed by atoms with van der Waals surface area (Å²) in [7, 11) is 0. The summed E-state index contributed by atoms with van der Waals surface area (Å²) in [6, 6.07) is 16.7. The molecule has 2 aromatic carbocycles. The SMILES string of the molecule is CC(=O)Nc1ccc(CNC(=O)c2nn(-c3ccccc3)nc2C)cc1. The highest BCUT2D eigenvalue weighted by atomic mass is 16.2. The Labute approximate surface area is 151 Å². The highest BCUT2D eigenvalue weighted by molar-refractivity contribution is 5.93. The summed E-state index contributed by atoms with van der Waals surface area (Å²) < 4.78 is 0. The minimum atomic E-state index is -0.282. The van der Waals surface area contributed by atoms with Crippen molar-refractivity contribution < 1.29 is 9.59 Å². The quantitative estimate of drug-likeness (QED) is 0.740. The van der Waals surface area contributed by atoms with E-state index in [4.69, 9.17) is 0 Å². The first-order valence-electron chi connectivity index (χ1n) is 8.17. The Morgan fingerprint density at radius 2 is 1.69 bits per heavy atom. The van der Waals surface area contributed by atoms with Gasteiger partial charge >= 0.3 is 0 Å². The molecule has 2 amide bonds. The van der Waals surface area contributed by atoms with Crippen molar-refractivity contribution in [3.05, 3.63) is 71.5 Å². The Kier molecular flexibility index (Phi) is 5.07. The van der Waals surface area contributed by atoms with E-state index in [9.17, 15) is 9.59 Å². The molecule has 0 fully saturated rings. The van der Waals surface area contributed by atoms with Crippen molar-refractivity contribution in [3.63, 3.8) is 0 Å². The van der Waals surface area contributed by atoms with E-state index in [1.165, 1.54) is 11.7 Å². The Balaban J connectivity index is 1.65. The molecule has 26 heavy (non-hydrogen) atoms. The number of hydrogen-bond acceptors (Lipinski definition) is 4. The van der Waals surface area contributed by atoms with Crippen LogP contribution in [0.2, 0.25) is 0 Å². The molecule has 0 aliphatic rings. The molecule has 0 saturated carbocycles. The molecular formula is C19H19N5O2. The average molecular weight is 349 g/mol. The third-order valence-corrected chi connectivity index (χ3v) is 3.71. The van der Waals surface area contributed by atoms with Crippen LogP contribution in [-0.2, 0) is 11.3 Å². The molecule has 2 N–H and O–H groups in total. The molecule has 3 rings (SSSR count). The summed E-state index contributed by atoms with van der Waals surface area (Å²) in [6.07, 6.45) is 0. The van der Waals surface area contributed by atoms with Gasteiger partial charge in [0.25, 0.3) is 5.91 Å². The van der Waals surface area contributed by atoms with Gasteiger partial charge in [0.05, 0.1) is 11.4 Å². The molecule has 0 aliphatic carbocycles. The molecule has 7 heteroatoms. The molecule has 1 heterocycles. The van der Waals surface area contributed by atoms with Gasteiger partial charge in [0.15, 0.2) is 5.69 Å². The van der Waals surface area contributed by atoms with Gasteiger partial charge in [-0.25, -0.2) is 0 Å². The van der Waals surface area contributed by atoms with E-state index < -0.39 is 0 Å². The van der Waals surface area contributed by atoms with Gasteiger partial charge in [0, 0.05) is 19.2 Å². The number of para-hydroxylation sites is 1. The lowest BCUT2D eigenvalue weighted by molar-refractivity contribution is -0.114. The molecule has 0 unspecified atom stereocenters. The number of hydrogen-bond donors (Lipinski definition) is 2. The van der Waals surface area contributed by atoms with Crippen molar-refractivity contribution in [1.82, 2.24) is 20.3 Å². The molecule has 0 atom stereocenters. The van der Waals surface area contributed by atoms with E-state index in [0.717, 1.165) is 11.3 Å². The Hall–Kier alpha value is -3.48. The summed E-state index contributed by atoms with van der Waals surface area (Å²) in [5.74, 6) is -0.404. The predicted molar refractivity (Wildman–Crippen MR) is 98.0 cm³/mol. The topological polar surface area (TPSA) is 88.9 Å².